The maximum atomic E-state index is 11.4. The number of nitrogens with zero attached hydrogens (tertiary/aromatic N) is 3. The van der Waals surface area contributed by atoms with E-state index in [2.05, 4.69) is 5.10 Å². The molecule has 0 fully saturated rings. The lowest BCUT2D eigenvalue weighted by molar-refractivity contribution is -0.128. The zero-order valence-corrected chi connectivity index (χ0v) is 8.62. The van der Waals surface area contributed by atoms with E-state index < -0.39 is 5.38 Å². The van der Waals surface area contributed by atoms with Crippen LogP contribution in [0, 0.1) is 0 Å². The maximum Gasteiger partial charge on any atom is 0.244 e. The normalized spacial score (nSPS) is 12.6. The van der Waals surface area contributed by atoms with Gasteiger partial charge in [-0.15, -0.1) is 11.6 Å². The third-order valence-electron chi connectivity index (χ3n) is 1.68. The van der Waals surface area contributed by atoms with Crippen molar-refractivity contribution in [2.75, 3.05) is 14.1 Å². The van der Waals surface area contributed by atoms with Gasteiger partial charge in [0.2, 0.25) is 5.91 Å². The Kier molecular flexibility index (Phi) is 2.93. The summed E-state index contributed by atoms with van der Waals surface area (Å²) in [7, 11) is 5.13. The summed E-state index contributed by atoms with van der Waals surface area (Å²) in [4.78, 5) is 12.9. The molecule has 5 heteroatoms. The molecule has 1 heterocycles. The Hall–Kier alpha value is -1.03. The first-order chi connectivity index (χ1) is 6.02. The van der Waals surface area contributed by atoms with Crippen molar-refractivity contribution in [2.24, 2.45) is 7.05 Å². The zero-order chi connectivity index (χ0) is 10.0. The van der Waals surface area contributed by atoms with Crippen molar-refractivity contribution in [2.45, 2.75) is 5.38 Å². The van der Waals surface area contributed by atoms with Gasteiger partial charge in [0.05, 0.1) is 6.20 Å². The van der Waals surface area contributed by atoms with Crippen LogP contribution >= 0.6 is 11.6 Å². The van der Waals surface area contributed by atoms with Gasteiger partial charge in [-0.2, -0.15) is 5.10 Å². The Labute approximate surface area is 82.1 Å². The molecule has 0 aliphatic rings. The van der Waals surface area contributed by atoms with E-state index in [9.17, 15) is 4.79 Å². The van der Waals surface area contributed by atoms with Crippen molar-refractivity contribution in [3.05, 3.63) is 18.0 Å². The number of aryl methyl sites for hydroxylation is 1. The van der Waals surface area contributed by atoms with E-state index in [1.807, 2.05) is 0 Å². The minimum absolute atomic E-state index is 0.130. The highest BCUT2D eigenvalue weighted by atomic mass is 35.5. The average molecular weight is 202 g/mol. The molecule has 1 aromatic rings. The summed E-state index contributed by atoms with van der Waals surface area (Å²) in [6, 6.07) is 0. The number of carbonyl (C=O) groups excluding carboxylic acids is 1. The largest absolute Gasteiger partial charge is 0.347 e. The fourth-order valence-corrected chi connectivity index (χ4v) is 1.25. The molecule has 0 aromatic carbocycles. The average Bonchev–Trinajstić information content (AvgIpc) is 2.49. The second-order valence-corrected chi connectivity index (χ2v) is 3.48. The van der Waals surface area contributed by atoms with Crippen LogP contribution in [0.25, 0.3) is 0 Å². The van der Waals surface area contributed by atoms with Crippen LogP contribution in [0.15, 0.2) is 12.4 Å². The number of aromatic nitrogens is 2. The maximum absolute atomic E-state index is 11.4. The molecule has 0 N–H and O–H groups in total. The molecule has 4 nitrogen and oxygen atoms in total. The molecule has 0 radical (unpaired) electrons. The van der Waals surface area contributed by atoms with E-state index >= 15 is 0 Å². The first-order valence-electron chi connectivity index (χ1n) is 3.86. The summed E-state index contributed by atoms with van der Waals surface area (Å²) < 4.78 is 1.62. The van der Waals surface area contributed by atoms with E-state index in [0.717, 1.165) is 5.56 Å². The molecule has 0 spiro atoms. The molecule has 13 heavy (non-hydrogen) atoms. The summed E-state index contributed by atoms with van der Waals surface area (Å²) in [5, 5.41) is 3.31. The van der Waals surface area contributed by atoms with Crippen molar-refractivity contribution in [1.29, 1.82) is 0 Å². The molecule has 0 bridgehead atoms. The second-order valence-electron chi connectivity index (χ2n) is 3.04. The summed E-state index contributed by atoms with van der Waals surface area (Å²) in [6.07, 6.45) is 3.33. The van der Waals surface area contributed by atoms with Crippen LogP contribution in [-0.4, -0.2) is 34.7 Å². The van der Waals surface area contributed by atoms with Gasteiger partial charge in [0.25, 0.3) is 0 Å². The standard InChI is InChI=1S/C8H12ClN3O/c1-11(2)8(13)7(9)6-4-10-12(3)5-6/h4-5,7H,1-3H3. The van der Waals surface area contributed by atoms with Gasteiger partial charge in [0, 0.05) is 32.9 Å². The molecule has 72 valence electrons. The first-order valence-corrected chi connectivity index (χ1v) is 4.30. The van der Waals surface area contributed by atoms with E-state index in [0.29, 0.717) is 0 Å². The van der Waals surface area contributed by atoms with Gasteiger partial charge in [-0.25, -0.2) is 0 Å². The molecule has 1 aromatic heterocycles. The van der Waals surface area contributed by atoms with Crippen molar-refractivity contribution in [3.8, 4) is 0 Å². The highest BCUT2D eigenvalue weighted by Crippen LogP contribution is 2.20. The number of alkyl halides is 1. The van der Waals surface area contributed by atoms with Crippen molar-refractivity contribution in [1.82, 2.24) is 14.7 Å². The number of hydrogen-bond acceptors (Lipinski definition) is 2. The lowest BCUT2D eigenvalue weighted by Gasteiger charge is -2.13. The minimum Gasteiger partial charge on any atom is -0.347 e. The Morgan fingerprint density at radius 3 is 2.69 bits per heavy atom. The van der Waals surface area contributed by atoms with Crippen LogP contribution < -0.4 is 0 Å². The monoisotopic (exact) mass is 201 g/mol. The number of hydrogen-bond donors (Lipinski definition) is 0. The Morgan fingerprint density at radius 2 is 2.31 bits per heavy atom. The SMILES string of the molecule is CN(C)C(=O)C(Cl)c1cnn(C)c1. The third-order valence-corrected chi connectivity index (χ3v) is 2.11. The molecule has 1 atom stereocenters. The van der Waals surface area contributed by atoms with Gasteiger partial charge in [-0.3, -0.25) is 9.48 Å². The van der Waals surface area contributed by atoms with Crippen LogP contribution in [0.4, 0.5) is 0 Å². The van der Waals surface area contributed by atoms with E-state index in [1.165, 1.54) is 4.90 Å². The molecular formula is C8H12ClN3O. The molecule has 1 rings (SSSR count). The second kappa shape index (κ2) is 3.79. The highest BCUT2D eigenvalue weighted by molar-refractivity contribution is 6.30. The number of amides is 1. The minimum atomic E-state index is -0.635. The summed E-state index contributed by atoms with van der Waals surface area (Å²) >= 11 is 5.92. The molecule has 0 aliphatic carbocycles. The Morgan fingerprint density at radius 1 is 1.69 bits per heavy atom. The molecule has 0 saturated heterocycles. The Bertz CT molecular complexity index is 308. The number of carbonyl (C=O) groups is 1. The van der Waals surface area contributed by atoms with Gasteiger partial charge in [-0.05, 0) is 0 Å². The van der Waals surface area contributed by atoms with Gasteiger partial charge in [-0.1, -0.05) is 0 Å². The molecule has 0 aliphatic heterocycles. The van der Waals surface area contributed by atoms with Crippen LogP contribution in [0.5, 0.6) is 0 Å². The van der Waals surface area contributed by atoms with Crippen molar-refractivity contribution < 1.29 is 4.79 Å². The quantitative estimate of drug-likeness (QED) is 0.664. The molecule has 1 unspecified atom stereocenters. The lowest BCUT2D eigenvalue weighted by atomic mass is 10.2. The lowest BCUT2D eigenvalue weighted by Crippen LogP contribution is -2.25. The first kappa shape index (κ1) is 10.1. The van der Waals surface area contributed by atoms with Crippen LogP contribution in [-0.2, 0) is 11.8 Å². The van der Waals surface area contributed by atoms with Crippen LogP contribution in [0.3, 0.4) is 0 Å². The molecule has 0 saturated carbocycles. The fourth-order valence-electron chi connectivity index (χ4n) is 0.940. The summed E-state index contributed by atoms with van der Waals surface area (Å²) in [5.74, 6) is -0.130. The van der Waals surface area contributed by atoms with Crippen molar-refractivity contribution >= 4 is 17.5 Å². The predicted molar refractivity (Wildman–Crippen MR) is 50.5 cm³/mol. The molecule has 1 amide bonds. The number of rotatable bonds is 2. The molecular weight excluding hydrogens is 190 g/mol. The van der Waals surface area contributed by atoms with Gasteiger partial charge in [0.1, 0.15) is 5.38 Å². The van der Waals surface area contributed by atoms with E-state index in [4.69, 9.17) is 11.6 Å². The van der Waals surface area contributed by atoms with Crippen LogP contribution in [0.2, 0.25) is 0 Å². The van der Waals surface area contributed by atoms with Gasteiger partial charge in [0.15, 0.2) is 0 Å². The third kappa shape index (κ3) is 2.21. The summed E-state index contributed by atoms with van der Waals surface area (Å²) in [6.45, 7) is 0. The van der Waals surface area contributed by atoms with Crippen LogP contribution in [0.1, 0.15) is 10.9 Å². The number of halogens is 1. The van der Waals surface area contributed by atoms with Gasteiger partial charge >= 0.3 is 0 Å². The van der Waals surface area contributed by atoms with E-state index in [1.54, 1.807) is 38.2 Å². The number of likely N-dealkylation sites (N-methyl/N-ethyl adjacent to an activating group) is 1. The van der Waals surface area contributed by atoms with Gasteiger partial charge < -0.3 is 4.90 Å². The predicted octanol–water partition coefficient (Wildman–Crippen LogP) is 0.788. The zero-order valence-electron chi connectivity index (χ0n) is 7.86. The fraction of sp³-hybridized carbons (Fsp3) is 0.500. The van der Waals surface area contributed by atoms with Crippen molar-refractivity contribution in [3.63, 3.8) is 0 Å². The smallest absolute Gasteiger partial charge is 0.244 e. The Balaban J connectivity index is 2.79. The topological polar surface area (TPSA) is 38.1 Å². The highest BCUT2D eigenvalue weighted by Gasteiger charge is 2.20. The summed E-state index contributed by atoms with van der Waals surface area (Å²) in [5.41, 5.74) is 0.725. The van der Waals surface area contributed by atoms with E-state index in [-0.39, 0.29) is 5.91 Å².